The molecule has 0 aromatic heterocycles. The SMILES string of the molecule is O=C(COC(=O)c1cc(Cl)c2c(c1)OCCO2)Nc1ccccc1I. The van der Waals surface area contributed by atoms with Crippen molar-refractivity contribution in [1.82, 2.24) is 0 Å². The molecule has 0 spiro atoms. The number of fused-ring (bicyclic) bond motifs is 1. The number of anilines is 1. The molecule has 130 valence electrons. The van der Waals surface area contributed by atoms with E-state index in [1.807, 2.05) is 12.1 Å². The van der Waals surface area contributed by atoms with Gasteiger partial charge in [-0.25, -0.2) is 4.79 Å². The molecule has 1 aliphatic rings. The van der Waals surface area contributed by atoms with Crippen LogP contribution in [0.25, 0.3) is 0 Å². The Morgan fingerprint density at radius 1 is 1.20 bits per heavy atom. The van der Waals surface area contributed by atoms with Gasteiger partial charge < -0.3 is 19.5 Å². The van der Waals surface area contributed by atoms with E-state index in [2.05, 4.69) is 27.9 Å². The van der Waals surface area contributed by atoms with Crippen molar-refractivity contribution in [3.63, 3.8) is 0 Å². The summed E-state index contributed by atoms with van der Waals surface area (Å²) in [7, 11) is 0. The second-order valence-electron chi connectivity index (χ2n) is 5.09. The molecular formula is C17H13ClINO5. The topological polar surface area (TPSA) is 73.9 Å². The molecule has 2 aromatic rings. The fraction of sp³-hybridized carbons (Fsp3) is 0.176. The molecule has 25 heavy (non-hydrogen) atoms. The molecule has 0 fully saturated rings. The number of hydrogen-bond acceptors (Lipinski definition) is 5. The van der Waals surface area contributed by atoms with Crippen LogP contribution in [0.1, 0.15) is 10.4 Å². The molecule has 0 atom stereocenters. The second-order valence-corrected chi connectivity index (χ2v) is 6.66. The normalized spacial score (nSPS) is 12.4. The highest BCUT2D eigenvalue weighted by Gasteiger charge is 2.20. The lowest BCUT2D eigenvalue weighted by atomic mass is 10.2. The van der Waals surface area contributed by atoms with Crippen LogP contribution in [0.2, 0.25) is 5.02 Å². The predicted octanol–water partition coefficient (Wildman–Crippen LogP) is 3.51. The Labute approximate surface area is 162 Å². The van der Waals surface area contributed by atoms with Gasteiger partial charge in [0.15, 0.2) is 18.1 Å². The maximum Gasteiger partial charge on any atom is 0.338 e. The Kier molecular flexibility index (Phi) is 5.64. The average molecular weight is 474 g/mol. The Bertz CT molecular complexity index is 827. The molecule has 6 nitrogen and oxygen atoms in total. The summed E-state index contributed by atoms with van der Waals surface area (Å²) in [6.07, 6.45) is 0. The van der Waals surface area contributed by atoms with Crippen LogP contribution in [0, 0.1) is 3.57 Å². The van der Waals surface area contributed by atoms with Crippen molar-refractivity contribution in [3.8, 4) is 11.5 Å². The molecule has 0 aliphatic carbocycles. The van der Waals surface area contributed by atoms with Crippen molar-refractivity contribution in [2.75, 3.05) is 25.1 Å². The Balaban J connectivity index is 1.62. The number of para-hydroxylation sites is 1. The molecule has 0 saturated carbocycles. The quantitative estimate of drug-likeness (QED) is 0.543. The van der Waals surface area contributed by atoms with Gasteiger partial charge in [0.25, 0.3) is 5.91 Å². The first-order valence-corrected chi connectivity index (χ1v) is 8.81. The average Bonchev–Trinajstić information content (AvgIpc) is 2.61. The highest BCUT2D eigenvalue weighted by atomic mass is 127. The lowest BCUT2D eigenvalue weighted by Crippen LogP contribution is -2.21. The highest BCUT2D eigenvalue weighted by Crippen LogP contribution is 2.38. The van der Waals surface area contributed by atoms with E-state index in [1.165, 1.54) is 12.1 Å². The summed E-state index contributed by atoms with van der Waals surface area (Å²) < 4.78 is 16.7. The van der Waals surface area contributed by atoms with Crippen LogP contribution in [0.15, 0.2) is 36.4 Å². The zero-order chi connectivity index (χ0) is 17.8. The van der Waals surface area contributed by atoms with Crippen LogP contribution >= 0.6 is 34.2 Å². The van der Waals surface area contributed by atoms with E-state index >= 15 is 0 Å². The van der Waals surface area contributed by atoms with Crippen molar-refractivity contribution in [2.24, 2.45) is 0 Å². The molecule has 1 N–H and O–H groups in total. The first kappa shape index (κ1) is 17.8. The first-order chi connectivity index (χ1) is 12.0. The summed E-state index contributed by atoms with van der Waals surface area (Å²) in [5, 5.41) is 2.94. The van der Waals surface area contributed by atoms with Crippen LogP contribution in [0.3, 0.4) is 0 Å². The van der Waals surface area contributed by atoms with Gasteiger partial charge in [-0.05, 0) is 46.9 Å². The van der Waals surface area contributed by atoms with Crippen molar-refractivity contribution in [3.05, 3.63) is 50.6 Å². The smallest absolute Gasteiger partial charge is 0.338 e. The molecule has 0 radical (unpaired) electrons. The Hall–Kier alpha value is -2.00. The van der Waals surface area contributed by atoms with E-state index in [0.717, 1.165) is 3.57 Å². The summed E-state index contributed by atoms with van der Waals surface area (Å²) >= 11 is 8.19. The molecule has 0 bridgehead atoms. The van der Waals surface area contributed by atoms with Gasteiger partial charge in [-0.15, -0.1) is 0 Å². The molecule has 1 aliphatic heterocycles. The third-order valence-electron chi connectivity index (χ3n) is 3.31. The highest BCUT2D eigenvalue weighted by molar-refractivity contribution is 14.1. The van der Waals surface area contributed by atoms with Crippen molar-refractivity contribution in [1.29, 1.82) is 0 Å². The molecule has 1 heterocycles. The van der Waals surface area contributed by atoms with Crippen LogP contribution in [0.4, 0.5) is 5.69 Å². The van der Waals surface area contributed by atoms with Gasteiger partial charge >= 0.3 is 5.97 Å². The van der Waals surface area contributed by atoms with Crippen LogP contribution in [-0.2, 0) is 9.53 Å². The summed E-state index contributed by atoms with van der Waals surface area (Å²) in [5.41, 5.74) is 0.850. The van der Waals surface area contributed by atoms with Crippen LogP contribution < -0.4 is 14.8 Å². The van der Waals surface area contributed by atoms with Crippen molar-refractivity contribution >= 4 is 51.8 Å². The van der Waals surface area contributed by atoms with E-state index in [4.69, 9.17) is 25.8 Å². The Morgan fingerprint density at radius 3 is 2.76 bits per heavy atom. The largest absolute Gasteiger partial charge is 0.486 e. The van der Waals surface area contributed by atoms with Gasteiger partial charge in [0, 0.05) is 3.57 Å². The first-order valence-electron chi connectivity index (χ1n) is 7.35. The number of ether oxygens (including phenoxy) is 3. The number of nitrogens with one attached hydrogen (secondary N) is 1. The van der Waals surface area contributed by atoms with Gasteiger partial charge in [-0.1, -0.05) is 23.7 Å². The number of rotatable bonds is 4. The second kappa shape index (κ2) is 7.92. The monoisotopic (exact) mass is 473 g/mol. The Morgan fingerprint density at radius 2 is 1.96 bits per heavy atom. The fourth-order valence-electron chi connectivity index (χ4n) is 2.19. The number of esters is 1. The molecule has 1 amide bonds. The molecule has 3 rings (SSSR count). The molecule has 8 heteroatoms. The zero-order valence-corrected chi connectivity index (χ0v) is 15.8. The summed E-state index contributed by atoms with van der Waals surface area (Å²) in [4.78, 5) is 24.1. The van der Waals surface area contributed by atoms with Gasteiger partial charge in [-0.2, -0.15) is 0 Å². The standard InChI is InChI=1S/C17H13ClINO5/c18-11-7-10(8-14-16(11)24-6-5-23-14)17(22)25-9-15(21)20-13-4-2-1-3-12(13)19/h1-4,7-8H,5-6,9H2,(H,20,21). The minimum Gasteiger partial charge on any atom is -0.486 e. The predicted molar refractivity (Wildman–Crippen MR) is 101 cm³/mol. The molecule has 0 unspecified atom stereocenters. The summed E-state index contributed by atoms with van der Waals surface area (Å²) in [6, 6.07) is 10.2. The minimum absolute atomic E-state index is 0.191. The van der Waals surface area contributed by atoms with Crippen molar-refractivity contribution in [2.45, 2.75) is 0 Å². The lowest BCUT2D eigenvalue weighted by molar-refractivity contribution is -0.119. The fourth-order valence-corrected chi connectivity index (χ4v) is 2.98. The summed E-state index contributed by atoms with van der Waals surface area (Å²) in [6.45, 7) is 0.366. The van der Waals surface area contributed by atoms with E-state index in [1.54, 1.807) is 12.1 Å². The van der Waals surface area contributed by atoms with Gasteiger partial charge in [-0.3, -0.25) is 4.79 Å². The van der Waals surface area contributed by atoms with Gasteiger partial charge in [0.2, 0.25) is 0 Å². The number of amides is 1. The summed E-state index contributed by atoms with van der Waals surface area (Å²) in [5.74, 6) is -0.312. The van der Waals surface area contributed by atoms with E-state index < -0.39 is 18.5 Å². The minimum atomic E-state index is -0.670. The van der Waals surface area contributed by atoms with E-state index in [0.29, 0.717) is 30.4 Å². The number of carbonyl (C=O) groups excluding carboxylic acids is 2. The van der Waals surface area contributed by atoms with E-state index in [9.17, 15) is 9.59 Å². The number of carbonyl (C=O) groups is 2. The van der Waals surface area contributed by atoms with Crippen LogP contribution in [-0.4, -0.2) is 31.7 Å². The van der Waals surface area contributed by atoms with Gasteiger partial charge in [0.1, 0.15) is 13.2 Å². The number of benzene rings is 2. The van der Waals surface area contributed by atoms with Crippen molar-refractivity contribution < 1.29 is 23.8 Å². The molecule has 0 saturated heterocycles. The zero-order valence-electron chi connectivity index (χ0n) is 12.9. The van der Waals surface area contributed by atoms with Crippen LogP contribution in [0.5, 0.6) is 11.5 Å². The number of halogens is 2. The third kappa shape index (κ3) is 4.35. The third-order valence-corrected chi connectivity index (χ3v) is 4.54. The van der Waals surface area contributed by atoms with Gasteiger partial charge in [0.05, 0.1) is 16.3 Å². The molecule has 2 aromatic carbocycles. The molecular weight excluding hydrogens is 461 g/mol. The maximum atomic E-state index is 12.1. The maximum absolute atomic E-state index is 12.1. The lowest BCUT2D eigenvalue weighted by Gasteiger charge is -2.19. The number of hydrogen-bond donors (Lipinski definition) is 1. The van der Waals surface area contributed by atoms with E-state index in [-0.39, 0.29) is 10.6 Å².